The van der Waals surface area contributed by atoms with Gasteiger partial charge in [0, 0.05) is 19.6 Å². The van der Waals surface area contributed by atoms with Gasteiger partial charge in [0.1, 0.15) is 5.60 Å². The Morgan fingerprint density at radius 3 is 2.65 bits per heavy atom. The normalized spacial score (nSPS) is 22.1. The molecule has 1 saturated heterocycles. The van der Waals surface area contributed by atoms with E-state index in [2.05, 4.69) is 22.3 Å². The van der Waals surface area contributed by atoms with Crippen LogP contribution in [0.1, 0.15) is 32.8 Å². The van der Waals surface area contributed by atoms with Gasteiger partial charge < -0.3 is 20.1 Å². The highest BCUT2D eigenvalue weighted by atomic mass is 16.6. The fraction of sp³-hybridized carbons (Fsp3) is 0.611. The fourth-order valence-electron chi connectivity index (χ4n) is 2.87. The van der Waals surface area contributed by atoms with Gasteiger partial charge in [0.15, 0.2) is 0 Å². The smallest absolute Gasteiger partial charge is 0.408 e. The molecule has 0 spiro atoms. The van der Waals surface area contributed by atoms with Gasteiger partial charge in [-0.25, -0.2) is 4.79 Å². The first kappa shape index (κ1) is 17.8. The van der Waals surface area contributed by atoms with Crippen LogP contribution in [0.15, 0.2) is 30.3 Å². The molecule has 0 saturated carbocycles. The van der Waals surface area contributed by atoms with Crippen LogP contribution < -0.4 is 5.32 Å². The van der Waals surface area contributed by atoms with Crippen LogP contribution >= 0.6 is 0 Å². The zero-order valence-corrected chi connectivity index (χ0v) is 14.3. The largest absolute Gasteiger partial charge is 0.444 e. The van der Waals surface area contributed by atoms with E-state index in [1.165, 1.54) is 5.56 Å². The molecular weight excluding hydrogens is 292 g/mol. The maximum atomic E-state index is 12.0. The number of carbonyl (C=O) groups is 1. The van der Waals surface area contributed by atoms with Gasteiger partial charge in [-0.2, -0.15) is 0 Å². The Morgan fingerprint density at radius 1 is 1.35 bits per heavy atom. The second-order valence-electron chi connectivity index (χ2n) is 7.33. The summed E-state index contributed by atoms with van der Waals surface area (Å²) in [7, 11) is 0. The molecule has 5 nitrogen and oxygen atoms in total. The first-order valence-electron chi connectivity index (χ1n) is 8.20. The molecule has 1 aliphatic rings. The SMILES string of the molecule is CC(C)(C)OC(=O)NC1(CO)CCN(CCc2ccccc2)C1. The van der Waals surface area contributed by atoms with Gasteiger partial charge >= 0.3 is 6.09 Å². The second kappa shape index (κ2) is 7.32. The Kier molecular flexibility index (Phi) is 5.65. The quantitative estimate of drug-likeness (QED) is 0.873. The van der Waals surface area contributed by atoms with Crippen LogP contribution in [0.3, 0.4) is 0 Å². The van der Waals surface area contributed by atoms with Crippen molar-refractivity contribution in [1.82, 2.24) is 10.2 Å². The van der Waals surface area contributed by atoms with Gasteiger partial charge in [-0.3, -0.25) is 0 Å². The number of hydrogen-bond acceptors (Lipinski definition) is 4. The van der Waals surface area contributed by atoms with E-state index in [1.54, 1.807) is 0 Å². The third kappa shape index (κ3) is 5.52. The molecule has 1 aliphatic heterocycles. The molecule has 23 heavy (non-hydrogen) atoms. The van der Waals surface area contributed by atoms with E-state index >= 15 is 0 Å². The van der Waals surface area contributed by atoms with Crippen LogP contribution in [-0.4, -0.2) is 53.5 Å². The molecule has 2 N–H and O–H groups in total. The molecule has 2 rings (SSSR count). The average Bonchev–Trinajstić information content (AvgIpc) is 2.88. The molecule has 5 heteroatoms. The maximum absolute atomic E-state index is 12.0. The van der Waals surface area contributed by atoms with E-state index in [4.69, 9.17) is 4.74 Å². The lowest BCUT2D eigenvalue weighted by Crippen LogP contribution is -2.54. The third-order valence-electron chi connectivity index (χ3n) is 4.06. The molecule has 128 valence electrons. The fourth-order valence-corrected chi connectivity index (χ4v) is 2.87. The van der Waals surface area contributed by atoms with E-state index < -0.39 is 17.2 Å². The van der Waals surface area contributed by atoms with E-state index in [9.17, 15) is 9.90 Å². The number of nitrogens with one attached hydrogen (secondary N) is 1. The van der Waals surface area contributed by atoms with E-state index in [0.717, 1.165) is 25.9 Å². The molecule has 1 fully saturated rings. The number of alkyl carbamates (subject to hydrolysis) is 1. The van der Waals surface area contributed by atoms with Crippen LogP contribution in [0.25, 0.3) is 0 Å². The Labute approximate surface area is 138 Å². The average molecular weight is 320 g/mol. The molecule has 0 aromatic heterocycles. The lowest BCUT2D eigenvalue weighted by Gasteiger charge is -2.30. The highest BCUT2D eigenvalue weighted by Gasteiger charge is 2.39. The summed E-state index contributed by atoms with van der Waals surface area (Å²) in [5, 5.41) is 12.6. The third-order valence-corrected chi connectivity index (χ3v) is 4.06. The molecule has 1 amide bonds. The van der Waals surface area contributed by atoms with Crippen molar-refractivity contribution in [2.75, 3.05) is 26.2 Å². The van der Waals surface area contributed by atoms with Gasteiger partial charge in [0.05, 0.1) is 12.1 Å². The zero-order chi connectivity index (χ0) is 16.9. The minimum atomic E-state index is -0.598. The maximum Gasteiger partial charge on any atom is 0.408 e. The molecule has 0 bridgehead atoms. The molecule has 0 radical (unpaired) electrons. The number of amides is 1. The minimum Gasteiger partial charge on any atom is -0.444 e. The summed E-state index contributed by atoms with van der Waals surface area (Å²) in [4.78, 5) is 14.3. The Bertz CT molecular complexity index is 513. The molecular formula is C18H28N2O3. The topological polar surface area (TPSA) is 61.8 Å². The lowest BCUT2D eigenvalue weighted by molar-refractivity contribution is 0.0405. The number of nitrogens with zero attached hydrogens (tertiary/aromatic N) is 1. The number of hydrogen-bond donors (Lipinski definition) is 2. The number of aliphatic hydroxyl groups is 1. The number of aliphatic hydroxyl groups excluding tert-OH is 1. The van der Waals surface area contributed by atoms with Gasteiger partial charge in [-0.1, -0.05) is 30.3 Å². The van der Waals surface area contributed by atoms with Crippen molar-refractivity contribution in [1.29, 1.82) is 0 Å². The van der Waals surface area contributed by atoms with Gasteiger partial charge in [0.25, 0.3) is 0 Å². The molecule has 1 heterocycles. The van der Waals surface area contributed by atoms with Crippen molar-refractivity contribution >= 4 is 6.09 Å². The Morgan fingerprint density at radius 2 is 2.04 bits per heavy atom. The van der Waals surface area contributed by atoms with Crippen molar-refractivity contribution in [2.24, 2.45) is 0 Å². The first-order valence-corrected chi connectivity index (χ1v) is 8.20. The molecule has 1 aromatic carbocycles. The Hall–Kier alpha value is -1.59. The molecule has 0 aliphatic carbocycles. The number of ether oxygens (including phenoxy) is 1. The summed E-state index contributed by atoms with van der Waals surface area (Å²) in [6.45, 7) is 7.85. The van der Waals surface area contributed by atoms with E-state index in [-0.39, 0.29) is 6.61 Å². The summed E-state index contributed by atoms with van der Waals surface area (Å²) in [5.41, 5.74) is 0.167. The summed E-state index contributed by atoms with van der Waals surface area (Å²) in [5.74, 6) is 0. The standard InChI is InChI=1S/C18H28N2O3/c1-17(2,3)23-16(22)19-18(14-21)10-12-20(13-18)11-9-15-7-5-4-6-8-15/h4-8,21H,9-14H2,1-3H3,(H,19,22). The van der Waals surface area contributed by atoms with Crippen LogP contribution in [0.4, 0.5) is 4.79 Å². The van der Waals surface area contributed by atoms with Crippen molar-refractivity contribution in [3.8, 4) is 0 Å². The summed E-state index contributed by atoms with van der Waals surface area (Å²) in [6, 6.07) is 10.3. The summed E-state index contributed by atoms with van der Waals surface area (Å²) >= 11 is 0. The van der Waals surface area contributed by atoms with Crippen LogP contribution in [0.5, 0.6) is 0 Å². The predicted molar refractivity (Wildman–Crippen MR) is 90.4 cm³/mol. The summed E-state index contributed by atoms with van der Waals surface area (Å²) in [6.07, 6.45) is 1.24. The van der Waals surface area contributed by atoms with Gasteiger partial charge in [-0.05, 0) is 39.2 Å². The Balaban J connectivity index is 1.86. The molecule has 1 unspecified atom stereocenters. The van der Waals surface area contributed by atoms with Crippen molar-refractivity contribution < 1.29 is 14.6 Å². The van der Waals surface area contributed by atoms with Crippen LogP contribution in [0, 0.1) is 0 Å². The van der Waals surface area contributed by atoms with Gasteiger partial charge in [0.2, 0.25) is 0 Å². The van der Waals surface area contributed by atoms with Crippen molar-refractivity contribution in [2.45, 2.75) is 44.8 Å². The lowest BCUT2D eigenvalue weighted by atomic mass is 10.0. The number of carbonyl (C=O) groups excluding carboxylic acids is 1. The summed E-state index contributed by atoms with van der Waals surface area (Å²) < 4.78 is 5.31. The highest BCUT2D eigenvalue weighted by molar-refractivity contribution is 5.69. The molecule has 1 atom stereocenters. The van der Waals surface area contributed by atoms with Crippen molar-refractivity contribution in [3.05, 3.63) is 35.9 Å². The predicted octanol–water partition coefficient (Wildman–Crippen LogP) is 2.19. The van der Waals surface area contributed by atoms with Crippen molar-refractivity contribution in [3.63, 3.8) is 0 Å². The van der Waals surface area contributed by atoms with E-state index in [0.29, 0.717) is 6.54 Å². The van der Waals surface area contributed by atoms with Crippen LogP contribution in [0.2, 0.25) is 0 Å². The highest BCUT2D eigenvalue weighted by Crippen LogP contribution is 2.22. The van der Waals surface area contributed by atoms with E-state index in [1.807, 2.05) is 39.0 Å². The second-order valence-corrected chi connectivity index (χ2v) is 7.33. The molecule has 1 aromatic rings. The number of likely N-dealkylation sites (tertiary alicyclic amines) is 1. The van der Waals surface area contributed by atoms with Crippen LogP contribution in [-0.2, 0) is 11.2 Å². The number of rotatable bonds is 5. The monoisotopic (exact) mass is 320 g/mol. The number of benzene rings is 1. The zero-order valence-electron chi connectivity index (χ0n) is 14.3. The first-order chi connectivity index (χ1) is 10.8. The minimum absolute atomic E-state index is 0.0753. The van der Waals surface area contributed by atoms with Gasteiger partial charge in [-0.15, -0.1) is 0 Å².